The van der Waals surface area contributed by atoms with Gasteiger partial charge in [-0.2, -0.15) is 0 Å². The van der Waals surface area contributed by atoms with Crippen LogP contribution in [-0.2, 0) is 13.0 Å². The number of carbonyl (C=O) groups excluding carboxylic acids is 1. The van der Waals surface area contributed by atoms with Crippen LogP contribution >= 0.6 is 0 Å². The molecule has 0 spiro atoms. The van der Waals surface area contributed by atoms with E-state index in [1.165, 1.54) is 11.1 Å². The van der Waals surface area contributed by atoms with E-state index >= 15 is 0 Å². The van der Waals surface area contributed by atoms with Crippen LogP contribution in [0.5, 0.6) is 0 Å². The fourth-order valence-corrected chi connectivity index (χ4v) is 3.51. The minimum atomic E-state index is 0.126. The minimum absolute atomic E-state index is 0.126. The molecule has 0 unspecified atom stereocenters. The number of para-hydroxylation sites is 2. The lowest BCUT2D eigenvalue weighted by atomic mass is 10.1. The maximum atomic E-state index is 12.4. The fourth-order valence-electron chi connectivity index (χ4n) is 3.51. The van der Waals surface area contributed by atoms with Gasteiger partial charge in [0.1, 0.15) is 5.82 Å². The van der Waals surface area contributed by atoms with Crippen molar-refractivity contribution in [2.24, 2.45) is 0 Å². The van der Waals surface area contributed by atoms with Gasteiger partial charge in [-0.25, -0.2) is 4.98 Å². The summed E-state index contributed by atoms with van der Waals surface area (Å²) >= 11 is 0. The normalized spacial score (nSPS) is 14.4. The summed E-state index contributed by atoms with van der Waals surface area (Å²) in [6.07, 6.45) is 3.92. The van der Waals surface area contributed by atoms with Crippen LogP contribution in [0.25, 0.3) is 11.0 Å². The van der Waals surface area contributed by atoms with Gasteiger partial charge in [0, 0.05) is 31.6 Å². The zero-order valence-corrected chi connectivity index (χ0v) is 14.5. The predicted molar refractivity (Wildman–Crippen MR) is 99.5 cm³/mol. The van der Waals surface area contributed by atoms with Crippen molar-refractivity contribution in [2.45, 2.75) is 26.3 Å². The Kier molecular flexibility index (Phi) is 4.26. The SMILES string of the molecule is CCn1c(Cc2ccc(C(=O)N3C[CH]CC3)cc2)nc2ccccc21. The molecule has 0 atom stereocenters. The summed E-state index contributed by atoms with van der Waals surface area (Å²) in [5.41, 5.74) is 4.16. The second kappa shape index (κ2) is 6.71. The Bertz CT molecular complexity index is 889. The average Bonchev–Trinajstić information content (AvgIpc) is 3.29. The van der Waals surface area contributed by atoms with Crippen molar-refractivity contribution < 1.29 is 4.79 Å². The molecule has 25 heavy (non-hydrogen) atoms. The third-order valence-electron chi connectivity index (χ3n) is 4.85. The molecule has 0 bridgehead atoms. The predicted octanol–water partition coefficient (Wildman–Crippen LogP) is 3.70. The molecular formula is C21H22N3O. The first-order valence-electron chi connectivity index (χ1n) is 8.90. The van der Waals surface area contributed by atoms with Crippen LogP contribution in [0, 0.1) is 6.42 Å². The molecule has 1 saturated heterocycles. The quantitative estimate of drug-likeness (QED) is 0.731. The molecule has 1 aromatic heterocycles. The first-order chi connectivity index (χ1) is 12.3. The largest absolute Gasteiger partial charge is 0.338 e. The Morgan fingerprint density at radius 3 is 2.64 bits per heavy atom. The van der Waals surface area contributed by atoms with Crippen LogP contribution < -0.4 is 0 Å². The molecule has 4 nitrogen and oxygen atoms in total. The monoisotopic (exact) mass is 332 g/mol. The Labute approximate surface area is 148 Å². The second-order valence-electron chi connectivity index (χ2n) is 6.46. The topological polar surface area (TPSA) is 38.1 Å². The lowest BCUT2D eigenvalue weighted by Crippen LogP contribution is -2.27. The van der Waals surface area contributed by atoms with Crippen molar-refractivity contribution in [3.05, 3.63) is 71.9 Å². The van der Waals surface area contributed by atoms with Gasteiger partial charge in [-0.3, -0.25) is 4.79 Å². The van der Waals surface area contributed by atoms with E-state index in [0.717, 1.165) is 49.4 Å². The van der Waals surface area contributed by atoms with Gasteiger partial charge in [-0.05, 0) is 49.6 Å². The summed E-state index contributed by atoms with van der Waals surface area (Å²) < 4.78 is 2.26. The highest BCUT2D eigenvalue weighted by Gasteiger charge is 2.19. The number of imidazole rings is 1. The summed E-state index contributed by atoms with van der Waals surface area (Å²) in [6, 6.07) is 16.2. The highest BCUT2D eigenvalue weighted by atomic mass is 16.2. The summed E-state index contributed by atoms with van der Waals surface area (Å²) in [4.78, 5) is 19.1. The van der Waals surface area contributed by atoms with Gasteiger partial charge in [0.25, 0.3) is 5.91 Å². The number of fused-ring (bicyclic) bond motifs is 1. The van der Waals surface area contributed by atoms with Crippen molar-refractivity contribution in [3.63, 3.8) is 0 Å². The van der Waals surface area contributed by atoms with E-state index in [1.54, 1.807) is 0 Å². The van der Waals surface area contributed by atoms with E-state index < -0.39 is 0 Å². The van der Waals surface area contributed by atoms with E-state index in [9.17, 15) is 4.79 Å². The first kappa shape index (κ1) is 15.9. The lowest BCUT2D eigenvalue weighted by Gasteiger charge is -2.15. The maximum absolute atomic E-state index is 12.4. The van der Waals surface area contributed by atoms with Crippen molar-refractivity contribution >= 4 is 16.9 Å². The van der Waals surface area contributed by atoms with Gasteiger partial charge in [-0.1, -0.05) is 24.3 Å². The third-order valence-corrected chi connectivity index (χ3v) is 4.85. The van der Waals surface area contributed by atoms with Gasteiger partial charge in [0.05, 0.1) is 11.0 Å². The van der Waals surface area contributed by atoms with Crippen LogP contribution in [-0.4, -0.2) is 33.4 Å². The molecular weight excluding hydrogens is 310 g/mol. The van der Waals surface area contributed by atoms with Crippen molar-refractivity contribution in [1.29, 1.82) is 0 Å². The number of amides is 1. The fraction of sp³-hybridized carbons (Fsp3) is 0.286. The molecule has 1 aliphatic heterocycles. The van der Waals surface area contributed by atoms with Gasteiger partial charge in [0.15, 0.2) is 0 Å². The smallest absolute Gasteiger partial charge is 0.253 e. The number of hydrogen-bond donors (Lipinski definition) is 0. The van der Waals surface area contributed by atoms with E-state index in [2.05, 4.69) is 36.1 Å². The Morgan fingerprint density at radius 1 is 1.12 bits per heavy atom. The zero-order valence-electron chi connectivity index (χ0n) is 14.5. The number of carbonyl (C=O) groups is 1. The van der Waals surface area contributed by atoms with Crippen LogP contribution in [0.2, 0.25) is 0 Å². The van der Waals surface area contributed by atoms with Crippen LogP contribution in [0.15, 0.2) is 48.5 Å². The Morgan fingerprint density at radius 2 is 1.92 bits per heavy atom. The van der Waals surface area contributed by atoms with Gasteiger partial charge >= 0.3 is 0 Å². The molecule has 3 aromatic rings. The summed E-state index contributed by atoms with van der Waals surface area (Å²) in [5, 5.41) is 0. The number of hydrogen-bond acceptors (Lipinski definition) is 2. The van der Waals surface area contributed by atoms with Crippen LogP contribution in [0.3, 0.4) is 0 Å². The molecule has 2 heterocycles. The first-order valence-corrected chi connectivity index (χ1v) is 8.90. The lowest BCUT2D eigenvalue weighted by molar-refractivity contribution is 0.0796. The second-order valence-corrected chi connectivity index (χ2v) is 6.46. The maximum Gasteiger partial charge on any atom is 0.253 e. The van der Waals surface area contributed by atoms with Crippen molar-refractivity contribution in [1.82, 2.24) is 14.5 Å². The highest BCUT2D eigenvalue weighted by Crippen LogP contribution is 2.19. The van der Waals surface area contributed by atoms with Gasteiger partial charge in [0.2, 0.25) is 0 Å². The number of aryl methyl sites for hydroxylation is 1. The summed E-state index contributed by atoms with van der Waals surface area (Å²) in [7, 11) is 0. The van der Waals surface area contributed by atoms with Gasteiger partial charge in [-0.15, -0.1) is 0 Å². The molecule has 127 valence electrons. The van der Waals surface area contributed by atoms with Gasteiger partial charge < -0.3 is 9.47 Å². The number of benzene rings is 2. The summed E-state index contributed by atoms with van der Waals surface area (Å²) in [6.45, 7) is 4.65. The van der Waals surface area contributed by atoms with E-state index in [0.29, 0.717) is 0 Å². The van der Waals surface area contributed by atoms with Crippen molar-refractivity contribution in [3.8, 4) is 0 Å². The molecule has 2 aromatic carbocycles. The highest BCUT2D eigenvalue weighted by molar-refractivity contribution is 5.94. The molecule has 0 aliphatic carbocycles. The number of likely N-dealkylation sites (tertiary alicyclic amines) is 1. The molecule has 1 radical (unpaired) electrons. The third kappa shape index (κ3) is 3.04. The van der Waals surface area contributed by atoms with Crippen molar-refractivity contribution in [2.75, 3.05) is 13.1 Å². The molecule has 4 rings (SSSR count). The number of aromatic nitrogens is 2. The number of nitrogens with zero attached hydrogens (tertiary/aromatic N) is 3. The van der Waals surface area contributed by atoms with Crippen LogP contribution in [0.4, 0.5) is 0 Å². The van der Waals surface area contributed by atoms with E-state index in [4.69, 9.17) is 4.98 Å². The molecule has 1 aliphatic rings. The Hall–Kier alpha value is -2.62. The molecule has 1 fully saturated rings. The van der Waals surface area contributed by atoms with E-state index in [1.807, 2.05) is 35.2 Å². The van der Waals surface area contributed by atoms with Crippen LogP contribution in [0.1, 0.15) is 35.1 Å². The molecule has 0 N–H and O–H groups in total. The Balaban J connectivity index is 1.56. The molecule has 1 amide bonds. The standard InChI is InChI=1S/C21H22N3O/c1-2-24-19-8-4-3-7-18(19)22-20(24)15-16-9-11-17(12-10-16)21(25)23-13-5-6-14-23/h3-5,7-12H,2,6,13-15H2,1H3. The average molecular weight is 332 g/mol. The zero-order chi connectivity index (χ0) is 17.2. The summed E-state index contributed by atoms with van der Waals surface area (Å²) in [5.74, 6) is 1.19. The molecule has 0 saturated carbocycles. The molecule has 4 heteroatoms. The number of rotatable bonds is 4. The minimum Gasteiger partial charge on any atom is -0.338 e. The van der Waals surface area contributed by atoms with E-state index in [-0.39, 0.29) is 5.91 Å².